The lowest BCUT2D eigenvalue weighted by Gasteiger charge is -2.08. The van der Waals surface area contributed by atoms with Gasteiger partial charge in [-0.15, -0.1) is 0 Å². The predicted octanol–water partition coefficient (Wildman–Crippen LogP) is 2.47. The standard InChI is InChI=1S/C17H15ClF2N2O5S/c18-11-1-4-13(5-2-11)28(25,26)21-8-7-17(24)27-10-16(23)22-15-9-12(19)3-6-14(15)20/h1-6,9,21H,7-8,10H2,(H,22,23). The van der Waals surface area contributed by atoms with Gasteiger partial charge in [-0.05, 0) is 36.4 Å². The molecule has 150 valence electrons. The monoisotopic (exact) mass is 432 g/mol. The van der Waals surface area contributed by atoms with Gasteiger partial charge in [0.2, 0.25) is 10.0 Å². The van der Waals surface area contributed by atoms with Crippen molar-refractivity contribution in [2.24, 2.45) is 0 Å². The minimum Gasteiger partial charge on any atom is -0.456 e. The van der Waals surface area contributed by atoms with Gasteiger partial charge in [-0.2, -0.15) is 0 Å². The summed E-state index contributed by atoms with van der Waals surface area (Å²) in [5, 5.41) is 2.43. The molecular formula is C17H15ClF2N2O5S. The van der Waals surface area contributed by atoms with Gasteiger partial charge in [-0.1, -0.05) is 11.6 Å². The highest BCUT2D eigenvalue weighted by atomic mass is 35.5. The van der Waals surface area contributed by atoms with Gasteiger partial charge in [0.05, 0.1) is 17.0 Å². The lowest BCUT2D eigenvalue weighted by molar-refractivity contribution is -0.147. The maximum absolute atomic E-state index is 13.4. The van der Waals surface area contributed by atoms with Crippen molar-refractivity contribution in [1.29, 1.82) is 0 Å². The Morgan fingerprint density at radius 2 is 1.75 bits per heavy atom. The molecular weight excluding hydrogens is 418 g/mol. The summed E-state index contributed by atoms with van der Waals surface area (Å²) in [4.78, 5) is 23.2. The van der Waals surface area contributed by atoms with Crippen LogP contribution in [0.2, 0.25) is 5.02 Å². The van der Waals surface area contributed by atoms with Crippen LogP contribution in [-0.4, -0.2) is 33.4 Å². The Balaban J connectivity index is 1.75. The Kier molecular flexibility index (Phi) is 7.44. The maximum Gasteiger partial charge on any atom is 0.307 e. The number of carbonyl (C=O) groups excluding carboxylic acids is 2. The van der Waals surface area contributed by atoms with Crippen LogP contribution in [0.25, 0.3) is 0 Å². The predicted molar refractivity (Wildman–Crippen MR) is 97.2 cm³/mol. The number of rotatable bonds is 8. The molecule has 1 amide bonds. The zero-order chi connectivity index (χ0) is 20.7. The number of halogens is 3. The Bertz CT molecular complexity index is 968. The first-order valence-electron chi connectivity index (χ1n) is 7.83. The third-order valence-electron chi connectivity index (χ3n) is 3.31. The van der Waals surface area contributed by atoms with Gasteiger partial charge in [0.1, 0.15) is 11.6 Å². The van der Waals surface area contributed by atoms with Gasteiger partial charge in [-0.25, -0.2) is 21.9 Å². The van der Waals surface area contributed by atoms with Crippen LogP contribution in [0.5, 0.6) is 0 Å². The summed E-state index contributed by atoms with van der Waals surface area (Å²) in [5.74, 6) is -3.33. The highest BCUT2D eigenvalue weighted by Crippen LogP contribution is 2.15. The summed E-state index contributed by atoms with van der Waals surface area (Å²) in [5.41, 5.74) is -0.392. The van der Waals surface area contributed by atoms with Crippen molar-refractivity contribution in [2.75, 3.05) is 18.5 Å². The SMILES string of the molecule is O=C(COC(=O)CCNS(=O)(=O)c1ccc(Cl)cc1)Nc1cc(F)ccc1F. The van der Waals surface area contributed by atoms with Crippen molar-refractivity contribution in [3.8, 4) is 0 Å². The van der Waals surface area contributed by atoms with Crippen molar-refractivity contribution < 1.29 is 31.5 Å². The maximum atomic E-state index is 13.4. The number of esters is 1. The van der Waals surface area contributed by atoms with Crippen molar-refractivity contribution in [3.05, 3.63) is 59.1 Å². The molecule has 0 saturated heterocycles. The Morgan fingerprint density at radius 1 is 1.07 bits per heavy atom. The quantitative estimate of drug-likeness (QED) is 0.624. The first-order valence-corrected chi connectivity index (χ1v) is 9.69. The van der Waals surface area contributed by atoms with E-state index >= 15 is 0 Å². The second-order valence-electron chi connectivity index (χ2n) is 5.43. The minimum atomic E-state index is -3.83. The van der Waals surface area contributed by atoms with Crippen LogP contribution in [0.1, 0.15) is 6.42 Å². The largest absolute Gasteiger partial charge is 0.456 e. The molecule has 7 nitrogen and oxygen atoms in total. The fourth-order valence-electron chi connectivity index (χ4n) is 1.98. The molecule has 0 spiro atoms. The van der Waals surface area contributed by atoms with E-state index in [-0.39, 0.29) is 17.9 Å². The summed E-state index contributed by atoms with van der Waals surface area (Å²) in [6.07, 6.45) is -0.339. The van der Waals surface area contributed by atoms with Crippen LogP contribution in [-0.2, 0) is 24.3 Å². The minimum absolute atomic E-state index is 0.0261. The van der Waals surface area contributed by atoms with Gasteiger partial charge in [-0.3, -0.25) is 9.59 Å². The summed E-state index contributed by atoms with van der Waals surface area (Å²) in [6, 6.07) is 7.92. The molecule has 0 aliphatic heterocycles. The van der Waals surface area contributed by atoms with Gasteiger partial charge in [0.15, 0.2) is 6.61 Å². The molecule has 0 unspecified atom stereocenters. The lowest BCUT2D eigenvalue weighted by atomic mass is 10.3. The average molecular weight is 433 g/mol. The molecule has 0 fully saturated rings. The van der Waals surface area contributed by atoms with Crippen LogP contribution in [0.4, 0.5) is 14.5 Å². The summed E-state index contributed by atoms with van der Waals surface area (Å²) < 4.78 is 57.3. The third kappa shape index (κ3) is 6.55. The lowest BCUT2D eigenvalue weighted by Crippen LogP contribution is -2.28. The topological polar surface area (TPSA) is 102 Å². The molecule has 2 aromatic rings. The molecule has 0 radical (unpaired) electrons. The number of anilines is 1. The summed E-state index contributed by atoms with van der Waals surface area (Å²) in [7, 11) is -3.83. The zero-order valence-electron chi connectivity index (χ0n) is 14.2. The van der Waals surface area contributed by atoms with Gasteiger partial charge in [0.25, 0.3) is 5.91 Å². The Morgan fingerprint density at radius 3 is 2.43 bits per heavy atom. The molecule has 0 atom stereocenters. The number of sulfonamides is 1. The second-order valence-corrected chi connectivity index (χ2v) is 7.64. The fraction of sp³-hybridized carbons (Fsp3) is 0.176. The molecule has 2 N–H and O–H groups in total. The fourth-order valence-corrected chi connectivity index (χ4v) is 3.14. The number of benzene rings is 2. The smallest absolute Gasteiger partial charge is 0.307 e. The normalized spacial score (nSPS) is 11.1. The van der Waals surface area contributed by atoms with Crippen molar-refractivity contribution in [3.63, 3.8) is 0 Å². The number of amides is 1. The Labute approximate surface area is 164 Å². The van der Waals surface area contributed by atoms with Crippen LogP contribution < -0.4 is 10.0 Å². The number of carbonyl (C=O) groups is 2. The van der Waals surface area contributed by atoms with E-state index in [1.807, 2.05) is 0 Å². The van der Waals surface area contributed by atoms with E-state index in [2.05, 4.69) is 14.8 Å². The van der Waals surface area contributed by atoms with Crippen molar-refractivity contribution in [1.82, 2.24) is 4.72 Å². The van der Waals surface area contributed by atoms with Crippen LogP contribution in [0.15, 0.2) is 47.4 Å². The number of nitrogens with one attached hydrogen (secondary N) is 2. The molecule has 0 bridgehead atoms. The van der Waals surface area contributed by atoms with E-state index < -0.39 is 45.8 Å². The first-order chi connectivity index (χ1) is 13.2. The summed E-state index contributed by atoms with van der Waals surface area (Å²) in [6.45, 7) is -0.997. The van der Waals surface area contributed by atoms with E-state index in [0.29, 0.717) is 5.02 Å². The molecule has 0 aliphatic carbocycles. The van der Waals surface area contributed by atoms with Crippen LogP contribution in [0.3, 0.4) is 0 Å². The first kappa shape index (κ1) is 21.7. The zero-order valence-corrected chi connectivity index (χ0v) is 15.8. The third-order valence-corrected chi connectivity index (χ3v) is 5.04. The Hall–Kier alpha value is -2.56. The second kappa shape index (κ2) is 9.58. The van der Waals surface area contributed by atoms with Crippen molar-refractivity contribution in [2.45, 2.75) is 11.3 Å². The van der Waals surface area contributed by atoms with E-state index in [1.54, 1.807) is 0 Å². The van der Waals surface area contributed by atoms with Gasteiger partial charge >= 0.3 is 5.97 Å². The molecule has 0 aliphatic rings. The van der Waals surface area contributed by atoms with E-state index in [9.17, 15) is 26.8 Å². The average Bonchev–Trinajstić information content (AvgIpc) is 2.63. The van der Waals surface area contributed by atoms with Crippen LogP contribution in [0, 0.1) is 11.6 Å². The number of hydrogen-bond acceptors (Lipinski definition) is 5. The van der Waals surface area contributed by atoms with Gasteiger partial charge < -0.3 is 10.1 Å². The molecule has 0 aromatic heterocycles. The number of hydrogen-bond donors (Lipinski definition) is 2. The van der Waals surface area contributed by atoms with Gasteiger partial charge in [0, 0.05) is 17.6 Å². The molecule has 0 heterocycles. The number of ether oxygens (including phenoxy) is 1. The van der Waals surface area contributed by atoms with Crippen LogP contribution >= 0.6 is 11.6 Å². The molecule has 0 saturated carbocycles. The van der Waals surface area contributed by atoms with E-state index in [1.165, 1.54) is 24.3 Å². The highest BCUT2D eigenvalue weighted by Gasteiger charge is 2.15. The van der Waals surface area contributed by atoms with E-state index in [0.717, 1.165) is 18.2 Å². The molecule has 28 heavy (non-hydrogen) atoms. The van der Waals surface area contributed by atoms with Crippen molar-refractivity contribution >= 4 is 39.2 Å². The molecule has 11 heteroatoms. The van der Waals surface area contributed by atoms with E-state index in [4.69, 9.17) is 11.6 Å². The highest BCUT2D eigenvalue weighted by molar-refractivity contribution is 7.89. The molecule has 2 aromatic carbocycles. The molecule has 2 rings (SSSR count). The summed E-state index contributed by atoms with van der Waals surface area (Å²) >= 11 is 5.69.